The second kappa shape index (κ2) is 3.54. The molecule has 0 spiro atoms. The molecule has 0 aromatic heterocycles. The highest BCUT2D eigenvalue weighted by Gasteiger charge is 2.43. The molecular weight excluding hydrogens is 158 g/mol. The van der Waals surface area contributed by atoms with Crippen molar-refractivity contribution in [3.8, 4) is 6.07 Å². The Balaban J connectivity index is 2.54. The molecule has 0 aliphatic heterocycles. The first-order chi connectivity index (χ1) is 5.95. The molecule has 0 amide bonds. The van der Waals surface area contributed by atoms with Gasteiger partial charge in [-0.2, -0.15) is 5.26 Å². The van der Waals surface area contributed by atoms with Crippen LogP contribution >= 0.6 is 0 Å². The van der Waals surface area contributed by atoms with Crippen molar-refractivity contribution < 1.29 is 0 Å². The molecule has 13 heavy (non-hydrogen) atoms. The Kier molecular flexibility index (Phi) is 2.81. The molecule has 0 bridgehead atoms. The van der Waals surface area contributed by atoms with Gasteiger partial charge in [0.1, 0.15) is 0 Å². The number of hydrogen-bond acceptors (Lipinski definition) is 1. The summed E-state index contributed by atoms with van der Waals surface area (Å²) in [5, 5.41) is 8.90. The van der Waals surface area contributed by atoms with Crippen LogP contribution in [0, 0.1) is 28.6 Å². The molecule has 1 fully saturated rings. The molecule has 0 aromatic carbocycles. The highest BCUT2D eigenvalue weighted by molar-refractivity contribution is 5.25. The zero-order valence-corrected chi connectivity index (χ0v) is 9.09. The van der Waals surface area contributed by atoms with Crippen LogP contribution in [-0.2, 0) is 0 Å². The summed E-state index contributed by atoms with van der Waals surface area (Å²) in [4.78, 5) is 0. The first-order valence-electron chi connectivity index (χ1n) is 5.06. The summed E-state index contributed by atoms with van der Waals surface area (Å²) in [6, 6.07) is 2.30. The predicted molar refractivity (Wildman–Crippen MR) is 55.0 cm³/mol. The molecule has 0 radical (unpaired) electrons. The molecule has 1 unspecified atom stereocenters. The standard InChI is InChI=1S/C12H19N/c1-9(2)5-10(8-13)6-11-7-12(11,3)4/h6,9,11H,5,7H2,1-4H3/b10-6-. The van der Waals surface area contributed by atoms with Crippen molar-refractivity contribution in [2.75, 3.05) is 0 Å². The van der Waals surface area contributed by atoms with Gasteiger partial charge in [0.2, 0.25) is 0 Å². The summed E-state index contributed by atoms with van der Waals surface area (Å²) >= 11 is 0. The van der Waals surface area contributed by atoms with Gasteiger partial charge in [-0.05, 0) is 30.1 Å². The van der Waals surface area contributed by atoms with Crippen molar-refractivity contribution >= 4 is 0 Å². The van der Waals surface area contributed by atoms with Crippen LogP contribution in [0.15, 0.2) is 11.6 Å². The Morgan fingerprint density at radius 1 is 1.62 bits per heavy atom. The summed E-state index contributed by atoms with van der Waals surface area (Å²) in [7, 11) is 0. The molecule has 72 valence electrons. The number of allylic oxidation sites excluding steroid dienone is 2. The van der Waals surface area contributed by atoms with Crippen LogP contribution in [0.5, 0.6) is 0 Å². The van der Waals surface area contributed by atoms with Gasteiger partial charge in [0, 0.05) is 5.57 Å². The maximum atomic E-state index is 8.90. The molecule has 0 aromatic rings. The van der Waals surface area contributed by atoms with Crippen molar-refractivity contribution in [1.29, 1.82) is 5.26 Å². The average molecular weight is 177 g/mol. The largest absolute Gasteiger partial charge is 0.193 e. The fraction of sp³-hybridized carbons (Fsp3) is 0.750. The van der Waals surface area contributed by atoms with Crippen LogP contribution in [0.1, 0.15) is 40.5 Å². The number of hydrogen-bond donors (Lipinski definition) is 0. The Morgan fingerprint density at radius 2 is 2.15 bits per heavy atom. The normalized spacial score (nSPS) is 25.8. The van der Waals surface area contributed by atoms with Crippen molar-refractivity contribution in [3.05, 3.63) is 11.6 Å². The highest BCUT2D eigenvalue weighted by atomic mass is 14.5. The van der Waals surface area contributed by atoms with Gasteiger partial charge in [0.15, 0.2) is 0 Å². The fourth-order valence-electron chi connectivity index (χ4n) is 1.63. The molecule has 1 saturated carbocycles. The van der Waals surface area contributed by atoms with E-state index < -0.39 is 0 Å². The average Bonchev–Trinajstić information content (AvgIpc) is 2.56. The molecule has 1 rings (SSSR count). The van der Waals surface area contributed by atoms with Crippen LogP contribution in [0.25, 0.3) is 0 Å². The van der Waals surface area contributed by atoms with Crippen LogP contribution in [0.4, 0.5) is 0 Å². The van der Waals surface area contributed by atoms with Gasteiger partial charge in [0.05, 0.1) is 6.07 Å². The van der Waals surface area contributed by atoms with E-state index in [1.54, 1.807) is 0 Å². The minimum absolute atomic E-state index is 0.457. The molecule has 0 saturated heterocycles. The molecule has 0 N–H and O–H groups in total. The third kappa shape index (κ3) is 2.88. The van der Waals surface area contributed by atoms with Crippen molar-refractivity contribution in [2.24, 2.45) is 17.3 Å². The second-order valence-corrected chi connectivity index (χ2v) is 5.20. The van der Waals surface area contributed by atoms with Gasteiger partial charge in [0.25, 0.3) is 0 Å². The summed E-state index contributed by atoms with van der Waals surface area (Å²) < 4.78 is 0. The van der Waals surface area contributed by atoms with Crippen molar-refractivity contribution in [3.63, 3.8) is 0 Å². The minimum atomic E-state index is 0.457. The van der Waals surface area contributed by atoms with Gasteiger partial charge in [-0.15, -0.1) is 0 Å². The van der Waals surface area contributed by atoms with Crippen LogP contribution in [-0.4, -0.2) is 0 Å². The molecular formula is C12H19N. The summed E-state index contributed by atoms with van der Waals surface area (Å²) in [6.07, 6.45) is 4.36. The molecule has 1 aliphatic carbocycles. The molecule has 1 aliphatic rings. The second-order valence-electron chi connectivity index (χ2n) is 5.20. The highest BCUT2D eigenvalue weighted by Crippen LogP contribution is 2.52. The monoisotopic (exact) mass is 177 g/mol. The number of nitriles is 1. The molecule has 1 nitrogen and oxygen atoms in total. The lowest BCUT2D eigenvalue weighted by atomic mass is 10.0. The van der Waals surface area contributed by atoms with Crippen LogP contribution < -0.4 is 0 Å². The zero-order chi connectivity index (χ0) is 10.1. The maximum Gasteiger partial charge on any atom is 0.0943 e. The van der Waals surface area contributed by atoms with Gasteiger partial charge < -0.3 is 0 Å². The lowest BCUT2D eigenvalue weighted by Crippen LogP contribution is -1.92. The SMILES string of the molecule is CC(C)C/C(C#N)=C/C1CC1(C)C. The van der Waals surface area contributed by atoms with E-state index in [-0.39, 0.29) is 0 Å². The Morgan fingerprint density at radius 3 is 2.46 bits per heavy atom. The fourth-order valence-corrected chi connectivity index (χ4v) is 1.63. The van der Waals surface area contributed by atoms with Crippen LogP contribution in [0.2, 0.25) is 0 Å². The van der Waals surface area contributed by atoms with E-state index in [9.17, 15) is 0 Å². The quantitative estimate of drug-likeness (QED) is 0.605. The van der Waals surface area contributed by atoms with E-state index >= 15 is 0 Å². The summed E-state index contributed by atoms with van der Waals surface area (Å²) in [5.41, 5.74) is 1.43. The van der Waals surface area contributed by atoms with E-state index in [2.05, 4.69) is 39.8 Å². The summed E-state index contributed by atoms with van der Waals surface area (Å²) in [6.45, 7) is 8.84. The predicted octanol–water partition coefficient (Wildman–Crippen LogP) is 3.53. The van der Waals surface area contributed by atoms with E-state index in [4.69, 9.17) is 5.26 Å². The van der Waals surface area contributed by atoms with Gasteiger partial charge in [-0.25, -0.2) is 0 Å². The van der Waals surface area contributed by atoms with Gasteiger partial charge >= 0.3 is 0 Å². The smallest absolute Gasteiger partial charge is 0.0943 e. The van der Waals surface area contributed by atoms with E-state index in [0.717, 1.165) is 12.0 Å². The minimum Gasteiger partial charge on any atom is -0.193 e. The van der Waals surface area contributed by atoms with Gasteiger partial charge in [-0.1, -0.05) is 33.8 Å². The van der Waals surface area contributed by atoms with E-state index in [1.807, 2.05) is 0 Å². The first-order valence-corrected chi connectivity index (χ1v) is 5.06. The number of nitrogens with zero attached hydrogens (tertiary/aromatic N) is 1. The third-order valence-corrected chi connectivity index (χ3v) is 2.76. The van der Waals surface area contributed by atoms with Crippen LogP contribution in [0.3, 0.4) is 0 Å². The van der Waals surface area contributed by atoms with Crippen molar-refractivity contribution in [1.82, 2.24) is 0 Å². The summed E-state index contributed by atoms with van der Waals surface area (Å²) in [5.74, 6) is 1.24. The Bertz CT molecular complexity index is 253. The maximum absolute atomic E-state index is 8.90. The molecule has 0 heterocycles. The lowest BCUT2D eigenvalue weighted by molar-refractivity contribution is 0.603. The van der Waals surface area contributed by atoms with E-state index in [0.29, 0.717) is 17.3 Å². The molecule has 1 atom stereocenters. The van der Waals surface area contributed by atoms with Crippen molar-refractivity contribution in [2.45, 2.75) is 40.5 Å². The topological polar surface area (TPSA) is 23.8 Å². The zero-order valence-electron chi connectivity index (χ0n) is 9.09. The number of rotatable bonds is 3. The Hall–Kier alpha value is -0.770. The third-order valence-electron chi connectivity index (χ3n) is 2.76. The molecule has 1 heteroatoms. The van der Waals surface area contributed by atoms with Gasteiger partial charge in [-0.3, -0.25) is 0 Å². The lowest BCUT2D eigenvalue weighted by Gasteiger charge is -2.03. The van der Waals surface area contributed by atoms with E-state index in [1.165, 1.54) is 6.42 Å². The Labute approximate surface area is 81.5 Å². The first kappa shape index (κ1) is 10.3.